The van der Waals surface area contributed by atoms with E-state index in [1.54, 1.807) is 18.0 Å². The van der Waals surface area contributed by atoms with E-state index in [0.717, 1.165) is 45.8 Å². The highest BCUT2D eigenvalue weighted by atomic mass is 35.5. The zero-order valence-corrected chi connectivity index (χ0v) is 30.3. The van der Waals surface area contributed by atoms with Gasteiger partial charge in [-0.25, -0.2) is 0 Å². The van der Waals surface area contributed by atoms with E-state index in [0.29, 0.717) is 43.1 Å². The number of likely N-dealkylation sites (tertiary alicyclic amines) is 2. The van der Waals surface area contributed by atoms with Crippen LogP contribution in [0.4, 0.5) is 0 Å². The Kier molecular flexibility index (Phi) is 10.2. The number of rotatable bonds is 12. The lowest BCUT2D eigenvalue weighted by atomic mass is 9.78. The number of aromatic nitrogens is 2. The average molecular weight is 721 g/mol. The number of halogens is 1. The van der Waals surface area contributed by atoms with Crippen LogP contribution in [0.15, 0.2) is 79.0 Å². The van der Waals surface area contributed by atoms with Gasteiger partial charge in [-0.15, -0.1) is 0 Å². The molecule has 5 aromatic rings. The van der Waals surface area contributed by atoms with Crippen molar-refractivity contribution in [2.75, 3.05) is 39.8 Å². The smallest absolute Gasteiger partial charge is 0.253 e. The summed E-state index contributed by atoms with van der Waals surface area (Å²) in [5, 5.41) is 8.76. The summed E-state index contributed by atoms with van der Waals surface area (Å²) >= 11 is 6.20. The van der Waals surface area contributed by atoms with Crippen LogP contribution in [-0.2, 0) is 27.2 Å². The third-order valence-electron chi connectivity index (χ3n) is 11.0. The lowest BCUT2D eigenvalue weighted by Crippen LogP contribution is -2.60. The van der Waals surface area contributed by atoms with Crippen LogP contribution in [0, 0.1) is 24.7 Å². The Morgan fingerprint density at radius 3 is 2.56 bits per heavy atom. The minimum Gasteiger partial charge on any atom is -0.361 e. The maximum Gasteiger partial charge on any atom is 0.253 e. The van der Waals surface area contributed by atoms with E-state index in [9.17, 15) is 19.2 Å². The van der Waals surface area contributed by atoms with E-state index < -0.39 is 11.5 Å². The molecule has 0 spiro atoms. The fourth-order valence-electron chi connectivity index (χ4n) is 8.33. The highest BCUT2D eigenvalue weighted by Gasteiger charge is 2.49. The van der Waals surface area contributed by atoms with Crippen LogP contribution in [0.25, 0.3) is 21.8 Å². The number of hydrogen-bond donors (Lipinski definition) is 4. The number of aldehydes is 1. The Bertz CT molecular complexity index is 2110. The Labute approximate surface area is 308 Å². The molecule has 4 heterocycles. The monoisotopic (exact) mass is 720 g/mol. The summed E-state index contributed by atoms with van der Waals surface area (Å²) in [6.07, 6.45) is 4.77. The van der Waals surface area contributed by atoms with Crippen LogP contribution in [-0.4, -0.2) is 89.1 Å². The molecule has 2 aromatic heterocycles. The van der Waals surface area contributed by atoms with Crippen molar-refractivity contribution in [1.82, 2.24) is 30.4 Å². The molecule has 0 saturated carbocycles. The first-order valence-electron chi connectivity index (χ1n) is 18.0. The number of H-pyrrole nitrogens is 2. The van der Waals surface area contributed by atoms with E-state index in [1.807, 2.05) is 72.6 Å². The molecule has 3 aromatic carbocycles. The van der Waals surface area contributed by atoms with Crippen LogP contribution in [0.1, 0.15) is 40.0 Å². The number of hydrogen-bond acceptors (Lipinski definition) is 5. The third-order valence-corrected chi connectivity index (χ3v) is 11.2. The highest BCUT2D eigenvalue weighted by molar-refractivity contribution is 6.31. The van der Waals surface area contributed by atoms with E-state index in [2.05, 4.69) is 32.7 Å². The molecule has 11 heteroatoms. The van der Waals surface area contributed by atoms with E-state index in [1.165, 1.54) is 5.56 Å². The summed E-state index contributed by atoms with van der Waals surface area (Å²) in [6.45, 7) is 3.72. The largest absolute Gasteiger partial charge is 0.361 e. The number of likely N-dealkylation sites (N-methyl/N-ethyl adjacent to an activating group) is 1. The molecule has 10 nitrogen and oxygen atoms in total. The molecule has 0 radical (unpaired) electrons. The van der Waals surface area contributed by atoms with Gasteiger partial charge in [-0.3, -0.25) is 14.4 Å². The van der Waals surface area contributed by atoms with E-state index >= 15 is 0 Å². The van der Waals surface area contributed by atoms with Gasteiger partial charge in [-0.1, -0.05) is 48.0 Å². The predicted octanol–water partition coefficient (Wildman–Crippen LogP) is 5.30. The number of fused-ring (bicyclic) bond motifs is 3. The molecule has 4 N–H and O–H groups in total. The van der Waals surface area contributed by atoms with Gasteiger partial charge in [0.25, 0.3) is 5.91 Å². The van der Waals surface area contributed by atoms with Gasteiger partial charge >= 0.3 is 0 Å². The van der Waals surface area contributed by atoms with Crippen LogP contribution in [0.3, 0.4) is 0 Å². The molecule has 2 aliphatic rings. The van der Waals surface area contributed by atoms with Crippen molar-refractivity contribution in [1.29, 1.82) is 0 Å². The number of amides is 3. The normalized spacial score (nSPS) is 19.8. The van der Waals surface area contributed by atoms with Crippen molar-refractivity contribution >= 4 is 57.4 Å². The maximum atomic E-state index is 14.5. The quantitative estimate of drug-likeness (QED) is 0.130. The number of piperidine rings is 1. The van der Waals surface area contributed by atoms with Crippen LogP contribution in [0.2, 0.25) is 5.02 Å². The van der Waals surface area contributed by atoms with Crippen molar-refractivity contribution in [3.63, 3.8) is 0 Å². The summed E-state index contributed by atoms with van der Waals surface area (Å²) in [5.41, 5.74) is 4.33. The minimum atomic E-state index is -1.12. The van der Waals surface area contributed by atoms with Crippen LogP contribution in [0.5, 0.6) is 0 Å². The summed E-state index contributed by atoms with van der Waals surface area (Å²) in [5.74, 6) is -1.35. The Hall–Kier alpha value is -4.93. The molecule has 0 bridgehead atoms. The van der Waals surface area contributed by atoms with Crippen LogP contribution >= 0.6 is 11.6 Å². The van der Waals surface area contributed by atoms with Gasteiger partial charge in [0.2, 0.25) is 11.8 Å². The summed E-state index contributed by atoms with van der Waals surface area (Å²) in [6, 6.07) is 23.3. The molecule has 2 fully saturated rings. The standard InChI is InChI=1S/C41H45ClN6O4/c1-26-15-29-16-28(10-13-36(29)45-26)40(52)48-21-31-20-47(38(50)17-30-19-44-37-18-32(42)11-12-33(30)37)23-35(34(31)22-48)39(51)46-41(25-49,24-43-2)14-6-9-27-7-4-3-5-8-27/h3-5,7-8,10-13,15-16,18-19,25,31,34-35,43-45H,6,9,14,17,20-24H2,1-2H3,(H,46,51)/t31?,34?,35?,41-/m1/s1. The zero-order valence-electron chi connectivity index (χ0n) is 29.6. The number of benzene rings is 3. The Morgan fingerprint density at radius 2 is 1.77 bits per heavy atom. The summed E-state index contributed by atoms with van der Waals surface area (Å²) in [4.78, 5) is 65.3. The Balaban J connectivity index is 1.13. The molecular formula is C41H45ClN6O4. The van der Waals surface area contributed by atoms with Gasteiger partial charge in [-0.05, 0) is 92.6 Å². The van der Waals surface area contributed by atoms with Crippen molar-refractivity contribution in [2.24, 2.45) is 17.8 Å². The van der Waals surface area contributed by atoms with Gasteiger partial charge in [0.05, 0.1) is 12.3 Å². The fraction of sp³-hybridized carbons (Fsp3) is 0.366. The van der Waals surface area contributed by atoms with Gasteiger partial charge in [0.15, 0.2) is 0 Å². The molecule has 2 aliphatic heterocycles. The first-order chi connectivity index (χ1) is 25.1. The van der Waals surface area contributed by atoms with Gasteiger partial charge in [0, 0.05) is 77.0 Å². The molecule has 52 heavy (non-hydrogen) atoms. The maximum absolute atomic E-state index is 14.5. The highest BCUT2D eigenvalue weighted by Crippen LogP contribution is 2.37. The van der Waals surface area contributed by atoms with Crippen molar-refractivity contribution in [3.8, 4) is 0 Å². The second kappa shape index (κ2) is 15.0. The number of aryl methyl sites for hydroxylation is 2. The molecule has 270 valence electrons. The molecule has 7 rings (SSSR count). The number of aromatic amines is 2. The summed E-state index contributed by atoms with van der Waals surface area (Å²) in [7, 11) is 1.77. The number of nitrogens with zero attached hydrogens (tertiary/aromatic N) is 2. The zero-order chi connectivity index (χ0) is 36.4. The minimum absolute atomic E-state index is 0.0927. The number of nitrogens with one attached hydrogen (secondary N) is 4. The molecule has 3 amide bonds. The lowest BCUT2D eigenvalue weighted by molar-refractivity contribution is -0.140. The molecule has 3 unspecified atom stereocenters. The molecular weight excluding hydrogens is 676 g/mol. The van der Waals surface area contributed by atoms with Crippen molar-refractivity contribution < 1.29 is 19.2 Å². The van der Waals surface area contributed by atoms with E-state index in [4.69, 9.17) is 11.6 Å². The fourth-order valence-corrected chi connectivity index (χ4v) is 8.50. The SMILES string of the molecule is CNC[C@@](C=O)(CCCc1ccccc1)NC(=O)C1CN(C(=O)Cc2c[nH]c3cc(Cl)ccc23)CC2CN(C(=O)c3ccc4[nH]c(C)cc4c3)CC21. The van der Waals surface area contributed by atoms with Crippen molar-refractivity contribution in [2.45, 2.75) is 38.1 Å². The average Bonchev–Trinajstić information content (AvgIpc) is 3.86. The van der Waals surface area contributed by atoms with E-state index in [-0.39, 0.29) is 49.1 Å². The molecule has 2 saturated heterocycles. The topological polar surface area (TPSA) is 130 Å². The van der Waals surface area contributed by atoms with Crippen LogP contribution < -0.4 is 10.6 Å². The first kappa shape index (κ1) is 35.5. The second-order valence-corrected chi connectivity index (χ2v) is 15.0. The van der Waals surface area contributed by atoms with Gasteiger partial charge < -0.3 is 35.2 Å². The Morgan fingerprint density at radius 1 is 0.962 bits per heavy atom. The molecule has 4 atom stereocenters. The lowest BCUT2D eigenvalue weighted by Gasteiger charge is -2.41. The second-order valence-electron chi connectivity index (χ2n) is 14.6. The summed E-state index contributed by atoms with van der Waals surface area (Å²) < 4.78 is 0. The number of carbonyl (C=O) groups is 4. The van der Waals surface area contributed by atoms with Gasteiger partial charge in [-0.2, -0.15) is 0 Å². The third kappa shape index (κ3) is 7.36. The van der Waals surface area contributed by atoms with Crippen molar-refractivity contribution in [3.05, 3.63) is 106 Å². The van der Waals surface area contributed by atoms with Gasteiger partial charge in [0.1, 0.15) is 11.8 Å². The first-order valence-corrected chi connectivity index (χ1v) is 18.4. The predicted molar refractivity (Wildman–Crippen MR) is 203 cm³/mol. The molecule has 0 aliphatic carbocycles. The number of carbonyl (C=O) groups excluding carboxylic acids is 4.